The summed E-state index contributed by atoms with van der Waals surface area (Å²) in [6, 6.07) is 25.1. The van der Waals surface area contributed by atoms with Crippen LogP contribution in [0.4, 0.5) is 0 Å². The second kappa shape index (κ2) is 11.1. The zero-order chi connectivity index (χ0) is 27.5. The highest BCUT2D eigenvalue weighted by Crippen LogP contribution is 2.44. The summed E-state index contributed by atoms with van der Waals surface area (Å²) in [5, 5.41) is 0. The molecule has 1 aliphatic carbocycles. The monoisotopic (exact) mass is 528 g/mol. The zero-order valence-corrected chi connectivity index (χ0v) is 23.5. The minimum absolute atomic E-state index is 0.202. The van der Waals surface area contributed by atoms with Crippen LogP contribution >= 0.6 is 0 Å². The van der Waals surface area contributed by atoms with E-state index < -0.39 is 0 Å². The van der Waals surface area contributed by atoms with E-state index in [4.69, 9.17) is 14.2 Å². The van der Waals surface area contributed by atoms with Gasteiger partial charge in [-0.1, -0.05) is 98.0 Å². The Kier molecular flexibility index (Phi) is 7.21. The van der Waals surface area contributed by atoms with Crippen molar-refractivity contribution in [2.45, 2.75) is 51.7 Å². The average molecular weight is 529 g/mol. The van der Waals surface area contributed by atoms with Crippen molar-refractivity contribution in [1.82, 2.24) is 0 Å². The summed E-state index contributed by atoms with van der Waals surface area (Å²) in [6.07, 6.45) is 15.0. The Morgan fingerprint density at radius 3 is 2.48 bits per heavy atom. The van der Waals surface area contributed by atoms with Gasteiger partial charge < -0.3 is 14.2 Å². The molecule has 0 radical (unpaired) electrons. The summed E-state index contributed by atoms with van der Waals surface area (Å²) in [6.45, 7) is 7.38. The Morgan fingerprint density at radius 1 is 0.900 bits per heavy atom. The minimum Gasteiger partial charge on any atom is -0.488 e. The molecule has 202 valence electrons. The molecule has 0 saturated heterocycles. The topological polar surface area (TPSA) is 27.7 Å². The molecule has 1 atom stereocenters. The van der Waals surface area contributed by atoms with Gasteiger partial charge in [-0.2, -0.15) is 0 Å². The van der Waals surface area contributed by atoms with Gasteiger partial charge in [-0.3, -0.25) is 0 Å². The number of fused-ring (bicyclic) bond motifs is 3. The van der Waals surface area contributed by atoms with Crippen molar-refractivity contribution in [2.75, 3.05) is 6.61 Å². The molecule has 3 heteroatoms. The maximum atomic E-state index is 6.65. The highest BCUT2D eigenvalue weighted by Gasteiger charge is 2.29. The first-order valence-corrected chi connectivity index (χ1v) is 14.2. The fourth-order valence-corrected chi connectivity index (χ4v) is 5.56. The van der Waals surface area contributed by atoms with E-state index in [0.29, 0.717) is 13.2 Å². The van der Waals surface area contributed by atoms with Crippen molar-refractivity contribution >= 4 is 5.57 Å². The normalized spacial score (nSPS) is 19.5. The van der Waals surface area contributed by atoms with Crippen LogP contribution in [-0.2, 0) is 17.8 Å². The molecule has 0 fully saturated rings. The first-order chi connectivity index (χ1) is 19.5. The van der Waals surface area contributed by atoms with Crippen LogP contribution < -0.4 is 9.47 Å². The quantitative estimate of drug-likeness (QED) is 0.310. The molecule has 3 aromatic rings. The minimum atomic E-state index is -0.355. The Bertz CT molecular complexity index is 1530. The van der Waals surface area contributed by atoms with Gasteiger partial charge in [0, 0.05) is 17.1 Å². The summed E-state index contributed by atoms with van der Waals surface area (Å²) in [5.41, 5.74) is 7.70. The first kappa shape index (κ1) is 26.0. The molecule has 2 aliphatic heterocycles. The van der Waals surface area contributed by atoms with Crippen molar-refractivity contribution < 1.29 is 14.2 Å². The van der Waals surface area contributed by atoms with Gasteiger partial charge in [0.1, 0.15) is 36.1 Å². The van der Waals surface area contributed by atoms with E-state index in [-0.39, 0.29) is 11.5 Å². The lowest BCUT2D eigenvalue weighted by atomic mass is 9.94. The molecule has 0 spiro atoms. The molecular weight excluding hydrogens is 492 g/mol. The van der Waals surface area contributed by atoms with Crippen LogP contribution in [0.3, 0.4) is 0 Å². The molecule has 3 aromatic carbocycles. The third-order valence-electron chi connectivity index (χ3n) is 7.69. The van der Waals surface area contributed by atoms with Gasteiger partial charge in [0.25, 0.3) is 0 Å². The predicted octanol–water partition coefficient (Wildman–Crippen LogP) is 8.89. The summed E-state index contributed by atoms with van der Waals surface area (Å²) >= 11 is 0. The van der Waals surface area contributed by atoms with E-state index >= 15 is 0 Å². The van der Waals surface area contributed by atoms with Crippen LogP contribution in [0.2, 0.25) is 0 Å². The van der Waals surface area contributed by atoms with Crippen LogP contribution in [0, 0.1) is 0 Å². The lowest BCUT2D eigenvalue weighted by Gasteiger charge is -2.24. The van der Waals surface area contributed by atoms with E-state index in [2.05, 4.69) is 124 Å². The number of benzene rings is 3. The molecular formula is C37H36O3. The van der Waals surface area contributed by atoms with Gasteiger partial charge in [0.05, 0.1) is 0 Å². The molecule has 1 unspecified atom stereocenters. The van der Waals surface area contributed by atoms with Crippen molar-refractivity contribution in [3.05, 3.63) is 148 Å². The molecule has 0 bridgehead atoms. The number of rotatable bonds is 5. The molecule has 0 aromatic heterocycles. The fraction of sp³-hybridized carbons (Fsp3) is 0.243. The Morgan fingerprint density at radius 2 is 1.68 bits per heavy atom. The predicted molar refractivity (Wildman–Crippen MR) is 162 cm³/mol. The molecule has 0 saturated carbocycles. The van der Waals surface area contributed by atoms with E-state index in [1.807, 2.05) is 6.07 Å². The third kappa shape index (κ3) is 5.56. The maximum absolute atomic E-state index is 6.65. The van der Waals surface area contributed by atoms with E-state index in [0.717, 1.165) is 52.4 Å². The Labute approximate surface area is 237 Å². The standard InChI is InChI=1S/C37H36O3/c1-26-21-22-37(2,3)40-33-20-19-29-17-18-31(25-39-36(29)35(26)33)32-16-10-15-30(28-13-8-5-9-14-28)23-34(32)38-24-27-11-6-4-7-12-27/h4-9,11-16,18-23,26H,10,17,24-25H2,1-3H3. The molecule has 0 amide bonds. The van der Waals surface area contributed by atoms with Crippen LogP contribution in [0.15, 0.2) is 126 Å². The average Bonchev–Trinajstić information content (AvgIpc) is 3.36. The van der Waals surface area contributed by atoms with Crippen molar-refractivity contribution in [2.24, 2.45) is 0 Å². The lowest BCUT2D eigenvalue weighted by molar-refractivity contribution is 0.161. The van der Waals surface area contributed by atoms with Gasteiger partial charge in [-0.05, 0) is 72.7 Å². The van der Waals surface area contributed by atoms with E-state index in [1.165, 1.54) is 16.7 Å². The number of allylic oxidation sites excluding steroid dienone is 7. The third-order valence-corrected chi connectivity index (χ3v) is 7.69. The summed E-state index contributed by atoms with van der Waals surface area (Å²) < 4.78 is 19.6. The van der Waals surface area contributed by atoms with Gasteiger partial charge in [0.15, 0.2) is 0 Å². The van der Waals surface area contributed by atoms with E-state index in [9.17, 15) is 0 Å². The Hall–Kier alpha value is -4.24. The van der Waals surface area contributed by atoms with Gasteiger partial charge in [-0.15, -0.1) is 0 Å². The summed E-state index contributed by atoms with van der Waals surface area (Å²) in [5.74, 6) is 2.93. The number of ether oxygens (including phenoxy) is 3. The molecule has 3 aliphatic rings. The summed E-state index contributed by atoms with van der Waals surface area (Å²) in [7, 11) is 0. The second-order valence-corrected chi connectivity index (χ2v) is 11.2. The Balaban J connectivity index is 1.31. The molecule has 6 rings (SSSR count). The highest BCUT2D eigenvalue weighted by molar-refractivity contribution is 5.77. The largest absolute Gasteiger partial charge is 0.488 e. The van der Waals surface area contributed by atoms with Gasteiger partial charge in [0.2, 0.25) is 0 Å². The van der Waals surface area contributed by atoms with Crippen LogP contribution in [-0.4, -0.2) is 12.2 Å². The van der Waals surface area contributed by atoms with Crippen LogP contribution in [0.1, 0.15) is 55.4 Å². The van der Waals surface area contributed by atoms with E-state index in [1.54, 1.807) is 0 Å². The van der Waals surface area contributed by atoms with Crippen LogP contribution in [0.5, 0.6) is 11.5 Å². The van der Waals surface area contributed by atoms with Gasteiger partial charge >= 0.3 is 0 Å². The lowest BCUT2D eigenvalue weighted by Crippen LogP contribution is -2.24. The molecule has 3 nitrogen and oxygen atoms in total. The number of hydrogen-bond donors (Lipinski definition) is 0. The highest BCUT2D eigenvalue weighted by atomic mass is 16.5. The maximum Gasteiger partial charge on any atom is 0.130 e. The second-order valence-electron chi connectivity index (χ2n) is 11.2. The molecule has 2 heterocycles. The van der Waals surface area contributed by atoms with Crippen molar-refractivity contribution in [1.29, 1.82) is 0 Å². The number of hydrogen-bond acceptors (Lipinski definition) is 3. The smallest absolute Gasteiger partial charge is 0.130 e. The molecule has 0 N–H and O–H groups in total. The zero-order valence-electron chi connectivity index (χ0n) is 23.5. The SMILES string of the molecule is CC1C=CC(C)(C)Oc2ccc3c(c21)OCC(C1=CCC=C(c2ccccc2)C=C1OCc1ccccc1)=CC3. The van der Waals surface area contributed by atoms with Gasteiger partial charge in [-0.25, -0.2) is 0 Å². The van der Waals surface area contributed by atoms with Crippen molar-refractivity contribution in [3.8, 4) is 11.5 Å². The van der Waals surface area contributed by atoms with Crippen LogP contribution in [0.25, 0.3) is 5.57 Å². The first-order valence-electron chi connectivity index (χ1n) is 14.2. The van der Waals surface area contributed by atoms with Crippen molar-refractivity contribution in [3.63, 3.8) is 0 Å². The summed E-state index contributed by atoms with van der Waals surface area (Å²) in [4.78, 5) is 0. The fourth-order valence-electron chi connectivity index (χ4n) is 5.56. The molecule has 40 heavy (non-hydrogen) atoms.